The first-order valence-electron chi connectivity index (χ1n) is 8.15. The zero-order valence-corrected chi connectivity index (χ0v) is 13.1. The number of ether oxygens (including phenoxy) is 1. The number of rotatable bonds is 7. The third kappa shape index (κ3) is 3.62. The van der Waals surface area contributed by atoms with Crippen molar-refractivity contribution in [2.24, 2.45) is 17.3 Å². The van der Waals surface area contributed by atoms with Crippen LogP contribution in [0.5, 0.6) is 0 Å². The van der Waals surface area contributed by atoms with Crippen molar-refractivity contribution in [3.05, 3.63) is 0 Å². The number of carbonyl (C=O) groups excluding carboxylic acids is 2. The fraction of sp³-hybridized carbons (Fsp3) is 0.882. The van der Waals surface area contributed by atoms with Crippen LogP contribution in [0.25, 0.3) is 0 Å². The molecule has 0 aromatic heterocycles. The Balaban J connectivity index is 1.86. The van der Waals surface area contributed by atoms with Gasteiger partial charge < -0.3 is 4.74 Å². The minimum Gasteiger partial charge on any atom is -0.462 e. The van der Waals surface area contributed by atoms with Gasteiger partial charge in [-0.1, -0.05) is 33.6 Å². The van der Waals surface area contributed by atoms with E-state index in [-0.39, 0.29) is 29.2 Å². The van der Waals surface area contributed by atoms with E-state index in [0.717, 1.165) is 38.5 Å². The first kappa shape index (κ1) is 15.5. The molecule has 1 aliphatic heterocycles. The van der Waals surface area contributed by atoms with Crippen molar-refractivity contribution >= 4 is 11.8 Å². The third-order valence-electron chi connectivity index (χ3n) is 4.92. The maximum absolute atomic E-state index is 12.3. The molecule has 0 bridgehead atoms. The summed E-state index contributed by atoms with van der Waals surface area (Å²) >= 11 is 0. The summed E-state index contributed by atoms with van der Waals surface area (Å²) in [6.07, 6.45) is 7.67. The Labute approximate surface area is 122 Å². The van der Waals surface area contributed by atoms with Crippen LogP contribution >= 0.6 is 0 Å². The second-order valence-electron chi connectivity index (χ2n) is 7.36. The summed E-state index contributed by atoms with van der Waals surface area (Å²) in [5.41, 5.74) is 0.0602. The minimum absolute atomic E-state index is 0.0602. The Bertz CT molecular complexity index is 372. The van der Waals surface area contributed by atoms with E-state index < -0.39 is 0 Å². The molecule has 2 fully saturated rings. The molecule has 2 rings (SSSR count). The van der Waals surface area contributed by atoms with Crippen LogP contribution in [0.3, 0.4) is 0 Å². The van der Waals surface area contributed by atoms with Crippen molar-refractivity contribution in [1.82, 2.24) is 0 Å². The molecule has 1 saturated heterocycles. The fourth-order valence-corrected chi connectivity index (χ4v) is 3.80. The van der Waals surface area contributed by atoms with Crippen LogP contribution in [0.1, 0.15) is 72.1 Å². The third-order valence-corrected chi connectivity index (χ3v) is 4.92. The molecule has 1 unspecified atom stereocenters. The van der Waals surface area contributed by atoms with Crippen LogP contribution in [0.4, 0.5) is 0 Å². The second-order valence-corrected chi connectivity index (χ2v) is 7.36. The molecule has 0 radical (unpaired) electrons. The van der Waals surface area contributed by atoms with Gasteiger partial charge in [0.25, 0.3) is 0 Å². The molecule has 20 heavy (non-hydrogen) atoms. The summed E-state index contributed by atoms with van der Waals surface area (Å²) in [5, 5.41) is 0. The molecule has 1 saturated carbocycles. The summed E-state index contributed by atoms with van der Waals surface area (Å²) in [7, 11) is 0. The Morgan fingerprint density at radius 3 is 2.80 bits per heavy atom. The lowest BCUT2D eigenvalue weighted by Crippen LogP contribution is -2.23. The molecule has 0 spiro atoms. The van der Waals surface area contributed by atoms with E-state index in [1.165, 1.54) is 0 Å². The van der Waals surface area contributed by atoms with Crippen molar-refractivity contribution < 1.29 is 14.3 Å². The number of fused-ring (bicyclic) bond motifs is 1. The van der Waals surface area contributed by atoms with Crippen LogP contribution in [0.15, 0.2) is 0 Å². The topological polar surface area (TPSA) is 43.4 Å². The van der Waals surface area contributed by atoms with Crippen molar-refractivity contribution in [3.8, 4) is 0 Å². The maximum Gasteiger partial charge on any atom is 0.310 e. The molecule has 3 heteroatoms. The van der Waals surface area contributed by atoms with Gasteiger partial charge >= 0.3 is 5.97 Å². The molecule has 1 heterocycles. The van der Waals surface area contributed by atoms with Crippen molar-refractivity contribution in [2.45, 2.75) is 78.2 Å². The molecule has 0 amide bonds. The quantitative estimate of drug-likeness (QED) is 0.664. The van der Waals surface area contributed by atoms with E-state index >= 15 is 0 Å². The SMILES string of the molecule is CCCCC(C)(C)CC(=O)CC1C(=O)O[C@@H]2CCC[C@@H]12. The summed E-state index contributed by atoms with van der Waals surface area (Å²) < 4.78 is 5.40. The lowest BCUT2D eigenvalue weighted by molar-refractivity contribution is -0.145. The highest BCUT2D eigenvalue weighted by Crippen LogP contribution is 2.42. The van der Waals surface area contributed by atoms with Gasteiger partial charge in [-0.15, -0.1) is 0 Å². The Morgan fingerprint density at radius 1 is 1.35 bits per heavy atom. The second kappa shape index (κ2) is 6.28. The Hall–Kier alpha value is -0.860. The highest BCUT2D eigenvalue weighted by molar-refractivity contribution is 5.86. The molecule has 0 aromatic carbocycles. The molecular weight excluding hydrogens is 252 g/mol. The number of hydrogen-bond acceptors (Lipinski definition) is 3. The van der Waals surface area contributed by atoms with Crippen LogP contribution < -0.4 is 0 Å². The highest BCUT2D eigenvalue weighted by atomic mass is 16.6. The summed E-state index contributed by atoms with van der Waals surface area (Å²) in [6, 6.07) is 0. The smallest absolute Gasteiger partial charge is 0.310 e. The predicted molar refractivity (Wildman–Crippen MR) is 78.3 cm³/mol. The molecular formula is C17H28O3. The van der Waals surface area contributed by atoms with Crippen molar-refractivity contribution in [1.29, 1.82) is 0 Å². The number of hydrogen-bond donors (Lipinski definition) is 0. The van der Waals surface area contributed by atoms with E-state index in [2.05, 4.69) is 20.8 Å². The van der Waals surface area contributed by atoms with Crippen LogP contribution in [0, 0.1) is 17.3 Å². The van der Waals surface area contributed by atoms with Gasteiger partial charge in [0, 0.05) is 18.8 Å². The average molecular weight is 280 g/mol. The number of carbonyl (C=O) groups is 2. The number of Topliss-reactive ketones (excluding diaryl/α,β-unsaturated/α-hetero) is 1. The molecule has 1 aliphatic carbocycles. The van der Waals surface area contributed by atoms with Gasteiger partial charge in [0.15, 0.2) is 0 Å². The van der Waals surface area contributed by atoms with Gasteiger partial charge in [-0.05, 0) is 31.1 Å². The molecule has 3 atom stereocenters. The minimum atomic E-state index is -0.156. The maximum atomic E-state index is 12.3. The first-order valence-corrected chi connectivity index (χ1v) is 8.15. The van der Waals surface area contributed by atoms with Gasteiger partial charge in [-0.3, -0.25) is 9.59 Å². The zero-order valence-electron chi connectivity index (χ0n) is 13.1. The molecule has 2 aliphatic rings. The van der Waals surface area contributed by atoms with E-state index in [0.29, 0.717) is 18.8 Å². The monoisotopic (exact) mass is 280 g/mol. The molecule has 0 aromatic rings. The fourth-order valence-electron chi connectivity index (χ4n) is 3.80. The summed E-state index contributed by atoms with van der Waals surface area (Å²) in [5.74, 6) is 0.266. The van der Waals surface area contributed by atoms with E-state index in [1.54, 1.807) is 0 Å². The normalized spacial score (nSPS) is 29.4. The van der Waals surface area contributed by atoms with E-state index in [1.807, 2.05) is 0 Å². The van der Waals surface area contributed by atoms with Crippen LogP contribution in [0.2, 0.25) is 0 Å². The Morgan fingerprint density at radius 2 is 2.10 bits per heavy atom. The van der Waals surface area contributed by atoms with Gasteiger partial charge in [0.05, 0.1) is 5.92 Å². The van der Waals surface area contributed by atoms with Crippen LogP contribution in [-0.4, -0.2) is 17.9 Å². The van der Waals surface area contributed by atoms with Gasteiger partial charge in [-0.2, -0.15) is 0 Å². The average Bonchev–Trinajstić information content (AvgIpc) is 2.90. The lowest BCUT2D eigenvalue weighted by atomic mass is 9.79. The van der Waals surface area contributed by atoms with Gasteiger partial charge in [-0.25, -0.2) is 0 Å². The summed E-state index contributed by atoms with van der Waals surface area (Å²) in [4.78, 5) is 24.2. The van der Waals surface area contributed by atoms with Gasteiger partial charge in [0.2, 0.25) is 0 Å². The van der Waals surface area contributed by atoms with Crippen molar-refractivity contribution in [3.63, 3.8) is 0 Å². The molecule has 3 nitrogen and oxygen atoms in total. The zero-order chi connectivity index (χ0) is 14.8. The van der Waals surface area contributed by atoms with Gasteiger partial charge in [0.1, 0.15) is 11.9 Å². The predicted octanol–water partition coefficient (Wildman–Crippen LogP) is 3.89. The Kier molecular flexibility index (Phi) is 4.87. The molecule has 114 valence electrons. The van der Waals surface area contributed by atoms with Crippen LogP contribution in [-0.2, 0) is 14.3 Å². The van der Waals surface area contributed by atoms with E-state index in [9.17, 15) is 9.59 Å². The number of unbranched alkanes of at least 4 members (excludes halogenated alkanes) is 1. The first-order chi connectivity index (χ1) is 9.43. The number of esters is 1. The highest BCUT2D eigenvalue weighted by Gasteiger charge is 2.47. The van der Waals surface area contributed by atoms with E-state index in [4.69, 9.17) is 4.74 Å². The lowest BCUT2D eigenvalue weighted by Gasteiger charge is -2.24. The summed E-state index contributed by atoms with van der Waals surface area (Å²) in [6.45, 7) is 6.49. The molecule has 0 N–H and O–H groups in total. The largest absolute Gasteiger partial charge is 0.462 e. The van der Waals surface area contributed by atoms with Crippen molar-refractivity contribution in [2.75, 3.05) is 0 Å². The number of ketones is 1. The standard InChI is InChI=1S/C17H28O3/c1-4-5-9-17(2,3)11-12(18)10-14-13-7-6-8-15(13)20-16(14)19/h13-15H,4-11H2,1-3H3/t13-,14?,15+/m0/s1.